The third-order valence-corrected chi connectivity index (χ3v) is 2.84. The molecular weight excluding hydrogens is 200 g/mol. The van der Waals surface area contributed by atoms with E-state index in [1.165, 1.54) is 11.3 Å². The second-order valence-electron chi connectivity index (χ2n) is 3.17. The maximum absolute atomic E-state index is 11.5. The first kappa shape index (κ1) is 9.21. The van der Waals surface area contributed by atoms with E-state index >= 15 is 0 Å². The van der Waals surface area contributed by atoms with Crippen molar-refractivity contribution in [2.75, 3.05) is 5.73 Å². The number of anilines is 1. The molecule has 3 N–H and O–H groups in total. The molecule has 1 aromatic heterocycles. The highest BCUT2D eigenvalue weighted by molar-refractivity contribution is 7.13. The van der Waals surface area contributed by atoms with Crippen molar-refractivity contribution < 1.29 is 9.90 Å². The molecule has 0 spiro atoms. The lowest BCUT2D eigenvalue weighted by atomic mass is 9.95. The number of aromatic nitrogens is 1. The van der Waals surface area contributed by atoms with E-state index in [9.17, 15) is 9.90 Å². The van der Waals surface area contributed by atoms with Crippen LogP contribution in [0, 0.1) is 0 Å². The zero-order valence-corrected chi connectivity index (χ0v) is 8.30. The number of rotatable bonds is 1. The number of aliphatic hydroxyl groups excluding tert-OH is 1. The molecular formula is C9H10N2O2S. The number of ketones is 1. The Morgan fingerprint density at radius 2 is 2.29 bits per heavy atom. The van der Waals surface area contributed by atoms with Crippen LogP contribution in [0.1, 0.15) is 25.0 Å². The Hall–Kier alpha value is -1.36. The standard InChI is InChI=1S/C9H10N2O2S/c10-9-11-5(4-14-9)8-6(12)2-1-3-7(8)13/h4,12H,1-3H2,(H2,10,11). The highest BCUT2D eigenvalue weighted by Crippen LogP contribution is 2.29. The second-order valence-corrected chi connectivity index (χ2v) is 4.06. The normalized spacial score (nSPS) is 17.6. The van der Waals surface area contributed by atoms with Gasteiger partial charge in [0, 0.05) is 18.2 Å². The lowest BCUT2D eigenvalue weighted by Gasteiger charge is -2.12. The fourth-order valence-electron chi connectivity index (χ4n) is 1.52. The van der Waals surface area contributed by atoms with Crippen molar-refractivity contribution in [1.82, 2.24) is 4.98 Å². The summed E-state index contributed by atoms with van der Waals surface area (Å²) in [6, 6.07) is 0. The Kier molecular flexibility index (Phi) is 2.25. The van der Waals surface area contributed by atoms with Crippen LogP contribution in [0.5, 0.6) is 0 Å². The van der Waals surface area contributed by atoms with Gasteiger partial charge in [0.05, 0.1) is 11.3 Å². The number of Topliss-reactive ketones (excluding diaryl/α,β-unsaturated/α-hetero) is 1. The van der Waals surface area contributed by atoms with Crippen LogP contribution in [0.25, 0.3) is 5.57 Å². The first-order valence-corrected chi connectivity index (χ1v) is 5.23. The van der Waals surface area contributed by atoms with E-state index < -0.39 is 0 Å². The van der Waals surface area contributed by atoms with Gasteiger partial charge in [0.2, 0.25) is 0 Å². The molecule has 0 radical (unpaired) electrons. The molecule has 74 valence electrons. The Bertz CT molecular complexity index is 409. The van der Waals surface area contributed by atoms with Crippen LogP contribution in [0.3, 0.4) is 0 Å². The highest BCUT2D eigenvalue weighted by atomic mass is 32.1. The number of hydrogen-bond acceptors (Lipinski definition) is 5. The molecule has 0 amide bonds. The predicted octanol–water partition coefficient (Wildman–Crippen LogP) is 1.75. The van der Waals surface area contributed by atoms with Crippen molar-refractivity contribution in [1.29, 1.82) is 0 Å². The van der Waals surface area contributed by atoms with Crippen LogP contribution < -0.4 is 5.73 Å². The fraction of sp³-hybridized carbons (Fsp3) is 0.333. The summed E-state index contributed by atoms with van der Waals surface area (Å²) in [4.78, 5) is 15.5. The minimum atomic E-state index is -0.0425. The van der Waals surface area contributed by atoms with Gasteiger partial charge in [-0.05, 0) is 6.42 Å². The van der Waals surface area contributed by atoms with E-state index in [0.29, 0.717) is 35.7 Å². The number of allylic oxidation sites excluding steroid dienone is 2. The number of nitrogen functional groups attached to an aromatic ring is 1. The van der Waals surface area contributed by atoms with Gasteiger partial charge < -0.3 is 10.8 Å². The molecule has 5 heteroatoms. The molecule has 1 heterocycles. The molecule has 1 aliphatic rings. The lowest BCUT2D eigenvalue weighted by Crippen LogP contribution is -2.10. The SMILES string of the molecule is Nc1nc(C2=C(O)CCCC2=O)cs1. The Morgan fingerprint density at radius 1 is 1.50 bits per heavy atom. The first-order valence-electron chi connectivity index (χ1n) is 4.35. The van der Waals surface area contributed by atoms with Crippen molar-refractivity contribution in [2.24, 2.45) is 0 Å². The van der Waals surface area contributed by atoms with E-state index in [1.807, 2.05) is 0 Å². The smallest absolute Gasteiger partial charge is 0.180 e. The van der Waals surface area contributed by atoms with E-state index in [4.69, 9.17) is 5.73 Å². The average molecular weight is 210 g/mol. The third-order valence-electron chi connectivity index (χ3n) is 2.16. The van der Waals surface area contributed by atoms with Crippen molar-refractivity contribution in [2.45, 2.75) is 19.3 Å². The van der Waals surface area contributed by atoms with Crippen LogP contribution in [0.15, 0.2) is 11.1 Å². The minimum absolute atomic E-state index is 0.0425. The number of carbonyl (C=O) groups is 1. The summed E-state index contributed by atoms with van der Waals surface area (Å²) in [5.74, 6) is 0.102. The molecule has 14 heavy (non-hydrogen) atoms. The molecule has 0 aromatic carbocycles. The van der Waals surface area contributed by atoms with Crippen LogP contribution in [-0.2, 0) is 4.79 Å². The van der Waals surface area contributed by atoms with Gasteiger partial charge in [0.15, 0.2) is 10.9 Å². The summed E-state index contributed by atoms with van der Waals surface area (Å²) >= 11 is 1.27. The molecule has 1 aliphatic carbocycles. The van der Waals surface area contributed by atoms with Crippen molar-refractivity contribution in [3.05, 3.63) is 16.8 Å². The lowest BCUT2D eigenvalue weighted by molar-refractivity contribution is -0.114. The van der Waals surface area contributed by atoms with Gasteiger partial charge in [-0.3, -0.25) is 4.79 Å². The Balaban J connectivity index is 2.45. The zero-order valence-electron chi connectivity index (χ0n) is 7.49. The molecule has 0 unspecified atom stereocenters. The van der Waals surface area contributed by atoms with Gasteiger partial charge in [-0.15, -0.1) is 11.3 Å². The van der Waals surface area contributed by atoms with Gasteiger partial charge >= 0.3 is 0 Å². The Labute approximate surface area is 85.1 Å². The van der Waals surface area contributed by atoms with Crippen LogP contribution in [0.4, 0.5) is 5.13 Å². The largest absolute Gasteiger partial charge is 0.511 e. The summed E-state index contributed by atoms with van der Waals surface area (Å²) in [5.41, 5.74) is 6.33. The number of thiazole rings is 1. The monoisotopic (exact) mass is 210 g/mol. The number of nitrogens with two attached hydrogens (primary N) is 1. The first-order chi connectivity index (χ1) is 6.68. The van der Waals surface area contributed by atoms with Gasteiger partial charge in [0.25, 0.3) is 0 Å². The predicted molar refractivity (Wildman–Crippen MR) is 54.9 cm³/mol. The van der Waals surface area contributed by atoms with E-state index in [0.717, 1.165) is 0 Å². The van der Waals surface area contributed by atoms with Crippen molar-refractivity contribution >= 4 is 27.8 Å². The van der Waals surface area contributed by atoms with E-state index in [2.05, 4.69) is 4.98 Å². The van der Waals surface area contributed by atoms with Gasteiger partial charge in [-0.1, -0.05) is 0 Å². The third kappa shape index (κ3) is 1.50. The zero-order chi connectivity index (χ0) is 10.1. The van der Waals surface area contributed by atoms with Crippen molar-refractivity contribution in [3.8, 4) is 0 Å². The van der Waals surface area contributed by atoms with E-state index in [1.54, 1.807) is 5.38 Å². The second kappa shape index (κ2) is 3.42. The number of hydrogen-bond donors (Lipinski definition) is 2. The fourth-order valence-corrected chi connectivity index (χ4v) is 2.07. The summed E-state index contributed by atoms with van der Waals surface area (Å²) in [7, 11) is 0. The summed E-state index contributed by atoms with van der Waals surface area (Å²) in [6.45, 7) is 0. The number of carbonyl (C=O) groups excluding carboxylic acids is 1. The molecule has 0 bridgehead atoms. The number of nitrogens with zero attached hydrogens (tertiary/aromatic N) is 1. The number of aliphatic hydroxyl groups is 1. The van der Waals surface area contributed by atoms with Crippen LogP contribution in [0.2, 0.25) is 0 Å². The van der Waals surface area contributed by atoms with Gasteiger partial charge in [0.1, 0.15) is 5.76 Å². The Morgan fingerprint density at radius 3 is 2.86 bits per heavy atom. The quantitative estimate of drug-likeness (QED) is 0.740. The molecule has 0 atom stereocenters. The van der Waals surface area contributed by atoms with Gasteiger partial charge in [-0.25, -0.2) is 4.98 Å². The van der Waals surface area contributed by atoms with Gasteiger partial charge in [-0.2, -0.15) is 0 Å². The van der Waals surface area contributed by atoms with Crippen LogP contribution >= 0.6 is 11.3 Å². The molecule has 0 saturated heterocycles. The molecule has 4 nitrogen and oxygen atoms in total. The molecule has 0 saturated carbocycles. The molecule has 0 aliphatic heterocycles. The van der Waals surface area contributed by atoms with Crippen molar-refractivity contribution in [3.63, 3.8) is 0 Å². The summed E-state index contributed by atoms with van der Waals surface area (Å²) in [5, 5.41) is 11.7. The minimum Gasteiger partial charge on any atom is -0.511 e. The molecule has 2 rings (SSSR count). The summed E-state index contributed by atoms with van der Waals surface area (Å²) < 4.78 is 0. The van der Waals surface area contributed by atoms with Crippen LogP contribution in [-0.4, -0.2) is 15.9 Å². The topological polar surface area (TPSA) is 76.2 Å². The molecule has 1 aromatic rings. The average Bonchev–Trinajstić information content (AvgIpc) is 2.51. The maximum atomic E-state index is 11.5. The highest BCUT2D eigenvalue weighted by Gasteiger charge is 2.23. The summed E-state index contributed by atoms with van der Waals surface area (Å²) in [6.07, 6.45) is 1.75. The van der Waals surface area contributed by atoms with E-state index in [-0.39, 0.29) is 11.5 Å². The molecule has 0 fully saturated rings. The maximum Gasteiger partial charge on any atom is 0.180 e.